The standard InChI is InChI=1S/C17H17ClN2O6S/c1-10(26-16(22)8-11-2-5-13(21)9-15(11)18)17(23)20-12-3-6-14(7-4-12)27(19,24)25/h2-7,9-10,21H,8H2,1H3,(H,20,23)(H2,19,24,25)/t10-/m1/s1. The Labute approximate surface area is 160 Å². The Kier molecular flexibility index (Phi) is 6.42. The fraction of sp³-hybridized carbons (Fsp3) is 0.176. The smallest absolute Gasteiger partial charge is 0.311 e. The number of carbonyl (C=O) groups excluding carboxylic acids is 2. The van der Waals surface area contributed by atoms with Crippen molar-refractivity contribution in [2.24, 2.45) is 5.14 Å². The Bertz CT molecular complexity index is 960. The molecule has 4 N–H and O–H groups in total. The van der Waals surface area contributed by atoms with Gasteiger partial charge in [-0.1, -0.05) is 17.7 Å². The van der Waals surface area contributed by atoms with Gasteiger partial charge >= 0.3 is 5.97 Å². The van der Waals surface area contributed by atoms with Crippen LogP contribution in [0.5, 0.6) is 5.75 Å². The zero-order chi connectivity index (χ0) is 20.2. The molecule has 0 aromatic heterocycles. The monoisotopic (exact) mass is 412 g/mol. The van der Waals surface area contributed by atoms with Crippen LogP contribution >= 0.6 is 11.6 Å². The van der Waals surface area contributed by atoms with Crippen LogP contribution in [-0.4, -0.2) is 31.5 Å². The van der Waals surface area contributed by atoms with Gasteiger partial charge in [-0.15, -0.1) is 0 Å². The highest BCUT2D eigenvalue weighted by Gasteiger charge is 2.19. The van der Waals surface area contributed by atoms with Crippen LogP contribution in [0.4, 0.5) is 5.69 Å². The average molecular weight is 413 g/mol. The normalized spacial score (nSPS) is 12.3. The number of aromatic hydroxyl groups is 1. The molecule has 0 radical (unpaired) electrons. The highest BCUT2D eigenvalue weighted by molar-refractivity contribution is 7.89. The molecular weight excluding hydrogens is 396 g/mol. The third-order valence-electron chi connectivity index (χ3n) is 3.50. The lowest BCUT2D eigenvalue weighted by Crippen LogP contribution is -2.30. The average Bonchev–Trinajstić information content (AvgIpc) is 2.57. The molecule has 0 fully saturated rings. The van der Waals surface area contributed by atoms with Gasteiger partial charge in [0.1, 0.15) is 5.75 Å². The summed E-state index contributed by atoms with van der Waals surface area (Å²) in [6, 6.07) is 9.38. The van der Waals surface area contributed by atoms with E-state index in [1.165, 1.54) is 49.4 Å². The topological polar surface area (TPSA) is 136 Å². The van der Waals surface area contributed by atoms with Gasteiger partial charge in [-0.2, -0.15) is 0 Å². The number of rotatable bonds is 6. The van der Waals surface area contributed by atoms with E-state index in [1.807, 2.05) is 0 Å². The number of sulfonamides is 1. The highest BCUT2D eigenvalue weighted by Crippen LogP contribution is 2.22. The molecule has 0 saturated heterocycles. The molecular formula is C17H17ClN2O6S. The molecule has 2 rings (SSSR count). The summed E-state index contributed by atoms with van der Waals surface area (Å²) in [6.45, 7) is 1.39. The number of primary sulfonamides is 1. The molecule has 2 aromatic rings. The fourth-order valence-electron chi connectivity index (χ4n) is 2.10. The van der Waals surface area contributed by atoms with Gasteiger partial charge < -0.3 is 15.2 Å². The minimum Gasteiger partial charge on any atom is -0.508 e. The van der Waals surface area contributed by atoms with Gasteiger partial charge in [-0.05, 0) is 48.9 Å². The van der Waals surface area contributed by atoms with E-state index < -0.39 is 28.0 Å². The summed E-state index contributed by atoms with van der Waals surface area (Å²) in [5.74, 6) is -1.29. The second kappa shape index (κ2) is 8.38. The van der Waals surface area contributed by atoms with Gasteiger partial charge in [0.25, 0.3) is 5.91 Å². The Balaban J connectivity index is 1.93. The number of ether oxygens (including phenoxy) is 1. The van der Waals surface area contributed by atoms with Gasteiger partial charge in [-0.25, -0.2) is 13.6 Å². The molecule has 10 heteroatoms. The second-order valence-corrected chi connectivity index (χ2v) is 7.61. The van der Waals surface area contributed by atoms with Crippen LogP contribution in [0, 0.1) is 0 Å². The first-order chi connectivity index (χ1) is 12.6. The van der Waals surface area contributed by atoms with Gasteiger partial charge in [0.15, 0.2) is 6.10 Å². The lowest BCUT2D eigenvalue weighted by Gasteiger charge is -2.14. The van der Waals surface area contributed by atoms with Crippen LogP contribution in [0.1, 0.15) is 12.5 Å². The van der Waals surface area contributed by atoms with Gasteiger partial charge in [0.05, 0.1) is 11.3 Å². The first kappa shape index (κ1) is 20.7. The molecule has 0 aliphatic rings. The Morgan fingerprint density at radius 2 is 1.85 bits per heavy atom. The van der Waals surface area contributed by atoms with Crippen LogP contribution < -0.4 is 10.5 Å². The van der Waals surface area contributed by atoms with Crippen molar-refractivity contribution in [1.82, 2.24) is 0 Å². The molecule has 27 heavy (non-hydrogen) atoms. The zero-order valence-electron chi connectivity index (χ0n) is 14.2. The lowest BCUT2D eigenvalue weighted by atomic mass is 10.1. The van der Waals surface area contributed by atoms with Gasteiger partial charge in [-0.3, -0.25) is 9.59 Å². The molecule has 0 spiro atoms. The summed E-state index contributed by atoms with van der Waals surface area (Å²) < 4.78 is 27.5. The van der Waals surface area contributed by atoms with E-state index in [-0.39, 0.29) is 22.1 Å². The number of esters is 1. The molecule has 0 bridgehead atoms. The molecule has 1 amide bonds. The van der Waals surface area contributed by atoms with Gasteiger partial charge in [0.2, 0.25) is 10.0 Å². The lowest BCUT2D eigenvalue weighted by molar-refractivity contribution is -0.152. The molecule has 0 unspecified atom stereocenters. The first-order valence-electron chi connectivity index (χ1n) is 7.67. The van der Waals surface area contributed by atoms with Crippen LogP contribution in [0.3, 0.4) is 0 Å². The summed E-state index contributed by atoms with van der Waals surface area (Å²) >= 11 is 5.93. The van der Waals surface area contributed by atoms with E-state index in [2.05, 4.69) is 5.32 Å². The summed E-state index contributed by atoms with van der Waals surface area (Å²) in [4.78, 5) is 24.0. The predicted octanol–water partition coefficient (Wildman–Crippen LogP) is 1.81. The minimum absolute atomic E-state index is 0.0293. The number of phenolic OH excluding ortho intramolecular Hbond substituents is 1. The van der Waals surface area contributed by atoms with Gasteiger partial charge in [0, 0.05) is 10.7 Å². The first-order valence-corrected chi connectivity index (χ1v) is 9.59. The van der Waals surface area contributed by atoms with Crippen molar-refractivity contribution < 1.29 is 27.9 Å². The van der Waals surface area contributed by atoms with E-state index in [0.29, 0.717) is 11.3 Å². The van der Waals surface area contributed by atoms with E-state index in [1.54, 1.807) is 0 Å². The van der Waals surface area contributed by atoms with Crippen molar-refractivity contribution in [3.63, 3.8) is 0 Å². The number of amides is 1. The van der Waals surface area contributed by atoms with Crippen LogP contribution in [0.25, 0.3) is 0 Å². The molecule has 0 heterocycles. The molecule has 8 nitrogen and oxygen atoms in total. The number of nitrogens with two attached hydrogens (primary N) is 1. The van der Waals surface area contributed by atoms with E-state index in [4.69, 9.17) is 21.5 Å². The van der Waals surface area contributed by atoms with E-state index in [9.17, 15) is 23.1 Å². The fourth-order valence-corrected chi connectivity index (χ4v) is 2.86. The van der Waals surface area contributed by atoms with Crippen molar-refractivity contribution in [2.75, 3.05) is 5.32 Å². The molecule has 144 valence electrons. The number of hydrogen-bond acceptors (Lipinski definition) is 6. The number of hydrogen-bond donors (Lipinski definition) is 3. The molecule has 0 aliphatic carbocycles. The van der Waals surface area contributed by atoms with Crippen LogP contribution in [0.2, 0.25) is 5.02 Å². The van der Waals surface area contributed by atoms with E-state index >= 15 is 0 Å². The Morgan fingerprint density at radius 1 is 1.22 bits per heavy atom. The van der Waals surface area contributed by atoms with Crippen LogP contribution in [0.15, 0.2) is 47.4 Å². The van der Waals surface area contributed by atoms with Crippen molar-refractivity contribution in [1.29, 1.82) is 0 Å². The van der Waals surface area contributed by atoms with Crippen molar-refractivity contribution >= 4 is 39.2 Å². The van der Waals surface area contributed by atoms with Crippen molar-refractivity contribution in [3.05, 3.63) is 53.1 Å². The summed E-state index contributed by atoms with van der Waals surface area (Å²) in [7, 11) is -3.82. The third kappa shape index (κ3) is 5.95. The quantitative estimate of drug-likeness (QED) is 0.619. The third-order valence-corrected chi connectivity index (χ3v) is 4.78. The molecule has 2 aromatic carbocycles. The van der Waals surface area contributed by atoms with Crippen molar-refractivity contribution in [2.45, 2.75) is 24.3 Å². The highest BCUT2D eigenvalue weighted by atomic mass is 35.5. The number of nitrogens with one attached hydrogen (secondary N) is 1. The summed E-state index contributed by atoms with van der Waals surface area (Å²) in [6.07, 6.45) is -1.26. The molecule has 0 aliphatic heterocycles. The Hall–Kier alpha value is -2.62. The predicted molar refractivity (Wildman–Crippen MR) is 98.8 cm³/mol. The molecule has 1 atom stereocenters. The second-order valence-electron chi connectivity index (χ2n) is 5.64. The summed E-state index contributed by atoms with van der Waals surface area (Å²) in [5, 5.41) is 17.0. The SMILES string of the molecule is C[C@@H](OC(=O)Cc1ccc(O)cc1Cl)C(=O)Nc1ccc(S(N)(=O)=O)cc1. The number of halogens is 1. The number of benzene rings is 2. The zero-order valence-corrected chi connectivity index (χ0v) is 15.8. The summed E-state index contributed by atoms with van der Waals surface area (Å²) in [5.41, 5.74) is 0.766. The molecule has 0 saturated carbocycles. The van der Waals surface area contributed by atoms with E-state index in [0.717, 1.165) is 0 Å². The van der Waals surface area contributed by atoms with Crippen molar-refractivity contribution in [3.8, 4) is 5.75 Å². The number of carbonyl (C=O) groups is 2. The number of anilines is 1. The minimum atomic E-state index is -3.82. The maximum Gasteiger partial charge on any atom is 0.311 e. The largest absolute Gasteiger partial charge is 0.508 e. The van der Waals surface area contributed by atoms with Crippen LogP contribution in [-0.2, 0) is 30.8 Å². The maximum atomic E-state index is 12.1. The maximum absolute atomic E-state index is 12.1. The number of phenols is 1. The Morgan fingerprint density at radius 3 is 2.41 bits per heavy atom.